The highest BCUT2D eigenvalue weighted by molar-refractivity contribution is 9.10. The molecule has 21 heavy (non-hydrogen) atoms. The molecule has 1 N–H and O–H groups in total. The summed E-state index contributed by atoms with van der Waals surface area (Å²) in [6.07, 6.45) is 0.977. The van der Waals surface area contributed by atoms with Gasteiger partial charge < -0.3 is 10.1 Å². The minimum Gasteiger partial charge on any atom is -0.491 e. The minimum atomic E-state index is 0.167. The smallest absolute Gasteiger partial charge is 0.142 e. The van der Waals surface area contributed by atoms with E-state index in [1.165, 1.54) is 5.56 Å². The molecule has 112 valence electrons. The van der Waals surface area contributed by atoms with Gasteiger partial charge in [0, 0.05) is 15.5 Å². The van der Waals surface area contributed by atoms with Gasteiger partial charge in [-0.1, -0.05) is 46.6 Å². The molecule has 0 heterocycles. The average Bonchev–Trinajstić information content (AvgIpc) is 2.47. The van der Waals surface area contributed by atoms with Gasteiger partial charge in [-0.25, -0.2) is 0 Å². The molecule has 0 aliphatic heterocycles. The van der Waals surface area contributed by atoms with Crippen molar-refractivity contribution in [2.24, 2.45) is 0 Å². The first-order valence-corrected chi connectivity index (χ1v) is 8.21. The maximum absolute atomic E-state index is 6.10. The number of anilines is 1. The first-order chi connectivity index (χ1) is 10.1. The van der Waals surface area contributed by atoms with Crippen LogP contribution in [-0.2, 0) is 0 Å². The molecule has 0 amide bonds. The van der Waals surface area contributed by atoms with Gasteiger partial charge in [0.1, 0.15) is 5.75 Å². The van der Waals surface area contributed by atoms with Crippen LogP contribution in [0.5, 0.6) is 5.75 Å². The topological polar surface area (TPSA) is 21.3 Å². The average molecular weight is 369 g/mol. The van der Waals surface area contributed by atoms with Gasteiger partial charge in [-0.15, -0.1) is 0 Å². The molecule has 0 fully saturated rings. The van der Waals surface area contributed by atoms with Crippen molar-refractivity contribution in [1.82, 2.24) is 0 Å². The number of hydrogen-bond donors (Lipinski definition) is 1. The highest BCUT2D eigenvalue weighted by atomic mass is 79.9. The van der Waals surface area contributed by atoms with Crippen molar-refractivity contribution in [3.05, 3.63) is 57.5 Å². The van der Waals surface area contributed by atoms with E-state index >= 15 is 0 Å². The second-order valence-corrected chi connectivity index (χ2v) is 6.26. The van der Waals surface area contributed by atoms with E-state index in [2.05, 4.69) is 47.2 Å². The fourth-order valence-electron chi connectivity index (χ4n) is 2.02. The summed E-state index contributed by atoms with van der Waals surface area (Å²) in [4.78, 5) is 0. The molecule has 0 aliphatic rings. The summed E-state index contributed by atoms with van der Waals surface area (Å²) in [5, 5.41) is 4.17. The molecule has 2 aromatic carbocycles. The number of halogens is 2. The molecule has 0 aliphatic carbocycles. The first-order valence-electron chi connectivity index (χ1n) is 7.04. The Labute approximate surface area is 139 Å². The molecule has 2 rings (SSSR count). The normalized spacial score (nSPS) is 12.0. The highest BCUT2D eigenvalue weighted by Gasteiger charge is 2.10. The molecule has 0 bridgehead atoms. The van der Waals surface area contributed by atoms with Crippen LogP contribution in [0.1, 0.15) is 31.9 Å². The van der Waals surface area contributed by atoms with Crippen LogP contribution >= 0.6 is 27.5 Å². The largest absolute Gasteiger partial charge is 0.491 e. The quantitative estimate of drug-likeness (QED) is 0.668. The number of benzene rings is 2. The fourth-order valence-corrected chi connectivity index (χ4v) is 2.46. The Bertz CT molecular complexity index is 586. The third-order valence-electron chi connectivity index (χ3n) is 3.15. The van der Waals surface area contributed by atoms with Crippen molar-refractivity contribution in [3.8, 4) is 5.75 Å². The van der Waals surface area contributed by atoms with Crippen molar-refractivity contribution in [1.29, 1.82) is 0 Å². The number of nitrogens with one attached hydrogen (secondary N) is 1. The van der Waals surface area contributed by atoms with Crippen molar-refractivity contribution >= 4 is 33.2 Å². The van der Waals surface area contributed by atoms with Crippen molar-refractivity contribution in [2.45, 2.75) is 26.3 Å². The van der Waals surface area contributed by atoms with Crippen LogP contribution in [0, 0.1) is 0 Å². The Morgan fingerprint density at radius 2 is 1.90 bits per heavy atom. The Hall–Kier alpha value is -1.19. The monoisotopic (exact) mass is 367 g/mol. The lowest BCUT2D eigenvalue weighted by Gasteiger charge is -2.19. The van der Waals surface area contributed by atoms with Gasteiger partial charge in [0.15, 0.2) is 0 Å². The predicted octanol–water partition coefficient (Wildman–Crippen LogP) is 6.06. The van der Waals surface area contributed by atoms with Crippen LogP contribution in [-0.4, -0.2) is 6.61 Å². The molecular weight excluding hydrogens is 350 g/mol. The SMILES string of the molecule is CCCOc1ccc(Cl)cc1NC(C)c1ccc(Br)cc1. The van der Waals surface area contributed by atoms with Gasteiger partial charge in [-0.05, 0) is 49.2 Å². The Kier molecular flexibility index (Phi) is 5.95. The minimum absolute atomic E-state index is 0.167. The number of rotatable bonds is 6. The lowest BCUT2D eigenvalue weighted by molar-refractivity contribution is 0.318. The summed E-state index contributed by atoms with van der Waals surface area (Å²) in [7, 11) is 0. The zero-order chi connectivity index (χ0) is 15.2. The molecule has 4 heteroatoms. The third-order valence-corrected chi connectivity index (χ3v) is 3.91. The molecule has 0 spiro atoms. The predicted molar refractivity (Wildman–Crippen MR) is 93.4 cm³/mol. The Morgan fingerprint density at radius 3 is 2.57 bits per heavy atom. The molecule has 0 aromatic heterocycles. The second kappa shape index (κ2) is 7.71. The second-order valence-electron chi connectivity index (χ2n) is 4.91. The van der Waals surface area contributed by atoms with Crippen molar-refractivity contribution in [2.75, 3.05) is 11.9 Å². The van der Waals surface area contributed by atoms with Crippen LogP contribution in [0.3, 0.4) is 0 Å². The summed E-state index contributed by atoms with van der Waals surface area (Å²) in [5.41, 5.74) is 2.13. The van der Waals surface area contributed by atoms with E-state index in [4.69, 9.17) is 16.3 Å². The molecule has 0 radical (unpaired) electrons. The standard InChI is InChI=1S/C17H19BrClNO/c1-3-10-21-17-9-8-15(19)11-16(17)20-12(2)13-4-6-14(18)7-5-13/h4-9,11-12,20H,3,10H2,1-2H3. The Balaban J connectivity index is 2.17. The van der Waals surface area contributed by atoms with Gasteiger partial charge in [0.2, 0.25) is 0 Å². The molecule has 0 saturated heterocycles. The van der Waals surface area contributed by atoms with Gasteiger partial charge in [-0.2, -0.15) is 0 Å². The van der Waals surface area contributed by atoms with E-state index in [0.29, 0.717) is 11.6 Å². The lowest BCUT2D eigenvalue weighted by Crippen LogP contribution is -2.08. The molecule has 0 saturated carbocycles. The van der Waals surface area contributed by atoms with Crippen LogP contribution in [0.2, 0.25) is 5.02 Å². The molecular formula is C17H19BrClNO. The van der Waals surface area contributed by atoms with Gasteiger partial charge >= 0.3 is 0 Å². The maximum atomic E-state index is 6.10. The summed E-state index contributed by atoms with van der Waals surface area (Å²) in [6, 6.07) is 14.1. The van der Waals surface area contributed by atoms with E-state index in [0.717, 1.165) is 22.3 Å². The molecule has 1 atom stereocenters. The van der Waals surface area contributed by atoms with Gasteiger partial charge in [0.25, 0.3) is 0 Å². The van der Waals surface area contributed by atoms with E-state index in [1.54, 1.807) is 0 Å². The zero-order valence-electron chi connectivity index (χ0n) is 12.2. The van der Waals surface area contributed by atoms with Crippen LogP contribution in [0.15, 0.2) is 46.9 Å². The third kappa shape index (κ3) is 4.65. The van der Waals surface area contributed by atoms with E-state index in [9.17, 15) is 0 Å². The number of hydrogen-bond acceptors (Lipinski definition) is 2. The summed E-state index contributed by atoms with van der Waals surface area (Å²) in [5.74, 6) is 0.838. The van der Waals surface area contributed by atoms with Gasteiger partial charge in [-0.3, -0.25) is 0 Å². The molecule has 2 nitrogen and oxygen atoms in total. The lowest BCUT2D eigenvalue weighted by atomic mass is 10.1. The molecule has 2 aromatic rings. The van der Waals surface area contributed by atoms with E-state index < -0.39 is 0 Å². The van der Waals surface area contributed by atoms with Crippen LogP contribution < -0.4 is 10.1 Å². The van der Waals surface area contributed by atoms with E-state index in [1.807, 2.05) is 30.3 Å². The summed E-state index contributed by atoms with van der Waals surface area (Å²) in [6.45, 7) is 4.91. The first kappa shape index (κ1) is 16.2. The summed E-state index contributed by atoms with van der Waals surface area (Å²) < 4.78 is 6.85. The van der Waals surface area contributed by atoms with Crippen LogP contribution in [0.4, 0.5) is 5.69 Å². The Morgan fingerprint density at radius 1 is 1.19 bits per heavy atom. The molecule has 1 unspecified atom stereocenters. The van der Waals surface area contributed by atoms with E-state index in [-0.39, 0.29) is 6.04 Å². The van der Waals surface area contributed by atoms with Crippen molar-refractivity contribution in [3.63, 3.8) is 0 Å². The highest BCUT2D eigenvalue weighted by Crippen LogP contribution is 2.31. The summed E-state index contributed by atoms with van der Waals surface area (Å²) >= 11 is 9.55. The van der Waals surface area contributed by atoms with Crippen LogP contribution in [0.25, 0.3) is 0 Å². The zero-order valence-corrected chi connectivity index (χ0v) is 14.5. The fraction of sp³-hybridized carbons (Fsp3) is 0.294. The van der Waals surface area contributed by atoms with Gasteiger partial charge in [0.05, 0.1) is 12.3 Å². The maximum Gasteiger partial charge on any atom is 0.142 e. The number of ether oxygens (including phenoxy) is 1. The van der Waals surface area contributed by atoms with Crippen molar-refractivity contribution < 1.29 is 4.74 Å².